The summed E-state index contributed by atoms with van der Waals surface area (Å²) in [5, 5.41) is 8.97. The van der Waals surface area contributed by atoms with Crippen molar-refractivity contribution in [1.29, 1.82) is 0 Å². The van der Waals surface area contributed by atoms with Crippen LogP contribution in [0.2, 0.25) is 0 Å². The first kappa shape index (κ1) is 11.6. The number of methoxy groups -OCH3 is 1. The molecule has 0 saturated carbocycles. The first-order valence-corrected chi connectivity index (χ1v) is 5.18. The number of carboxylic acid groups (broad SMARTS) is 1. The minimum atomic E-state index is -1.07. The van der Waals surface area contributed by atoms with Crippen molar-refractivity contribution in [2.45, 2.75) is 13.0 Å². The Morgan fingerprint density at radius 3 is 2.82 bits per heavy atom. The van der Waals surface area contributed by atoms with Crippen molar-refractivity contribution in [3.8, 4) is 0 Å². The number of aromatic carboxylic acids is 1. The highest BCUT2D eigenvalue weighted by Gasteiger charge is 2.21. The fourth-order valence-corrected chi connectivity index (χ4v) is 1.93. The summed E-state index contributed by atoms with van der Waals surface area (Å²) in [6.45, 7) is 0.865. The Labute approximate surface area is 98.0 Å². The molecule has 0 fully saturated rings. The average Bonchev–Trinajstić information content (AvgIpc) is 2.36. The highest BCUT2D eigenvalue weighted by atomic mass is 16.5. The van der Waals surface area contributed by atoms with Crippen LogP contribution >= 0.6 is 0 Å². The third kappa shape index (κ3) is 2.14. The Kier molecular flexibility index (Phi) is 3.10. The number of benzene rings is 1. The maximum Gasteiger partial charge on any atom is 0.338 e. The molecule has 17 heavy (non-hydrogen) atoms. The molecule has 0 bridgehead atoms. The molecule has 1 aliphatic heterocycles. The molecule has 0 aromatic heterocycles. The largest absolute Gasteiger partial charge is 0.478 e. The van der Waals surface area contributed by atoms with E-state index in [9.17, 15) is 9.59 Å². The summed E-state index contributed by atoms with van der Waals surface area (Å²) in [4.78, 5) is 22.6. The third-order valence-corrected chi connectivity index (χ3v) is 2.75. The Hall–Kier alpha value is -1.88. The van der Waals surface area contributed by atoms with Gasteiger partial charge >= 0.3 is 11.9 Å². The topological polar surface area (TPSA) is 72.8 Å². The van der Waals surface area contributed by atoms with E-state index in [1.165, 1.54) is 13.2 Å². The van der Waals surface area contributed by atoms with Gasteiger partial charge in [-0.05, 0) is 29.7 Å². The fraction of sp³-hybridized carbons (Fsp3) is 0.333. The quantitative estimate of drug-likeness (QED) is 0.782. The molecule has 5 heteroatoms. The Morgan fingerprint density at radius 1 is 1.41 bits per heavy atom. The van der Waals surface area contributed by atoms with Crippen LogP contribution < -0.4 is 0 Å². The SMILES string of the molecule is COC(=O)c1cc(C(=O)O)cc2c1CCOC2. The van der Waals surface area contributed by atoms with Crippen LogP contribution in [-0.2, 0) is 22.5 Å². The average molecular weight is 236 g/mol. The van der Waals surface area contributed by atoms with Crippen LogP contribution in [0.1, 0.15) is 31.8 Å². The van der Waals surface area contributed by atoms with Crippen molar-refractivity contribution in [3.05, 3.63) is 34.4 Å². The van der Waals surface area contributed by atoms with Gasteiger partial charge in [-0.2, -0.15) is 0 Å². The van der Waals surface area contributed by atoms with Gasteiger partial charge in [0.05, 0.1) is 31.5 Å². The van der Waals surface area contributed by atoms with Crippen molar-refractivity contribution in [3.63, 3.8) is 0 Å². The summed E-state index contributed by atoms with van der Waals surface area (Å²) >= 11 is 0. The molecular formula is C12H12O5. The lowest BCUT2D eigenvalue weighted by Gasteiger charge is -2.19. The van der Waals surface area contributed by atoms with Crippen LogP contribution in [0.25, 0.3) is 0 Å². The third-order valence-electron chi connectivity index (χ3n) is 2.75. The van der Waals surface area contributed by atoms with E-state index in [-0.39, 0.29) is 5.56 Å². The predicted octanol–water partition coefficient (Wildman–Crippen LogP) is 1.24. The molecule has 1 aromatic rings. The second-order valence-electron chi connectivity index (χ2n) is 3.76. The maximum absolute atomic E-state index is 11.6. The first-order valence-electron chi connectivity index (χ1n) is 5.18. The van der Waals surface area contributed by atoms with Gasteiger partial charge in [-0.1, -0.05) is 0 Å². The summed E-state index contributed by atoms with van der Waals surface area (Å²) in [5.41, 5.74) is 1.98. The van der Waals surface area contributed by atoms with Gasteiger partial charge in [0.15, 0.2) is 0 Å². The molecule has 0 spiro atoms. The molecule has 0 aliphatic carbocycles. The number of carboxylic acids is 1. The number of hydrogen-bond acceptors (Lipinski definition) is 4. The number of hydrogen-bond donors (Lipinski definition) is 1. The van der Waals surface area contributed by atoms with Crippen LogP contribution in [0.5, 0.6) is 0 Å². The number of carbonyl (C=O) groups is 2. The predicted molar refractivity (Wildman–Crippen MR) is 58.1 cm³/mol. The number of ether oxygens (including phenoxy) is 2. The minimum absolute atomic E-state index is 0.0784. The first-order chi connectivity index (χ1) is 8.13. The van der Waals surface area contributed by atoms with E-state index in [4.69, 9.17) is 9.84 Å². The van der Waals surface area contributed by atoms with Crippen molar-refractivity contribution >= 4 is 11.9 Å². The van der Waals surface area contributed by atoms with Crippen molar-refractivity contribution in [2.24, 2.45) is 0 Å². The minimum Gasteiger partial charge on any atom is -0.478 e. The summed E-state index contributed by atoms with van der Waals surface area (Å²) in [6, 6.07) is 2.90. The molecule has 1 aromatic carbocycles. The standard InChI is InChI=1S/C12H12O5/c1-16-12(15)10-5-7(11(13)14)4-8-6-17-3-2-9(8)10/h4-5H,2-3,6H2,1H3,(H,13,14). The molecule has 5 nitrogen and oxygen atoms in total. The van der Waals surface area contributed by atoms with Crippen molar-refractivity contribution in [1.82, 2.24) is 0 Å². The lowest BCUT2D eigenvalue weighted by Crippen LogP contribution is -2.17. The summed E-state index contributed by atoms with van der Waals surface area (Å²) in [7, 11) is 1.28. The number of carbonyl (C=O) groups excluding carboxylic acids is 1. The number of esters is 1. The van der Waals surface area contributed by atoms with Gasteiger partial charge in [0.1, 0.15) is 0 Å². The lowest BCUT2D eigenvalue weighted by atomic mass is 9.94. The van der Waals surface area contributed by atoms with Gasteiger partial charge in [-0.25, -0.2) is 9.59 Å². The molecule has 90 valence electrons. The Bertz CT molecular complexity index is 478. The zero-order valence-electron chi connectivity index (χ0n) is 9.36. The van der Waals surface area contributed by atoms with Crippen molar-refractivity contribution in [2.75, 3.05) is 13.7 Å². The van der Waals surface area contributed by atoms with Crippen LogP contribution in [0.3, 0.4) is 0 Å². The van der Waals surface area contributed by atoms with Crippen molar-refractivity contribution < 1.29 is 24.2 Å². The van der Waals surface area contributed by atoms with Crippen LogP contribution in [0.15, 0.2) is 12.1 Å². The summed E-state index contributed by atoms with van der Waals surface area (Å²) in [6.07, 6.45) is 0.597. The number of rotatable bonds is 2. The van der Waals surface area contributed by atoms with E-state index in [0.29, 0.717) is 25.2 Å². The van der Waals surface area contributed by atoms with Gasteiger partial charge in [-0.3, -0.25) is 0 Å². The molecule has 1 aliphatic rings. The van der Waals surface area contributed by atoms with Crippen LogP contribution in [0, 0.1) is 0 Å². The van der Waals surface area contributed by atoms with E-state index in [1.807, 2.05) is 0 Å². The Morgan fingerprint density at radius 2 is 2.18 bits per heavy atom. The van der Waals surface area contributed by atoms with Crippen LogP contribution in [0.4, 0.5) is 0 Å². The van der Waals surface area contributed by atoms with Gasteiger partial charge in [-0.15, -0.1) is 0 Å². The smallest absolute Gasteiger partial charge is 0.338 e. The molecule has 0 radical (unpaired) electrons. The van der Waals surface area contributed by atoms with E-state index >= 15 is 0 Å². The molecule has 1 N–H and O–H groups in total. The molecular weight excluding hydrogens is 224 g/mol. The van der Waals surface area contributed by atoms with E-state index in [0.717, 1.165) is 11.1 Å². The van der Waals surface area contributed by atoms with E-state index in [1.54, 1.807) is 6.07 Å². The monoisotopic (exact) mass is 236 g/mol. The maximum atomic E-state index is 11.6. The zero-order chi connectivity index (χ0) is 12.4. The summed E-state index contributed by atoms with van der Waals surface area (Å²) in [5.74, 6) is -1.57. The van der Waals surface area contributed by atoms with Gasteiger partial charge in [0, 0.05) is 0 Å². The molecule has 0 unspecified atom stereocenters. The molecule has 0 atom stereocenters. The highest BCUT2D eigenvalue weighted by molar-refractivity contribution is 5.96. The Balaban J connectivity index is 2.58. The molecule has 1 heterocycles. The molecule has 2 rings (SSSR count). The second kappa shape index (κ2) is 4.55. The molecule has 0 saturated heterocycles. The molecule has 0 amide bonds. The van der Waals surface area contributed by atoms with Gasteiger partial charge in [0.25, 0.3) is 0 Å². The van der Waals surface area contributed by atoms with Crippen LogP contribution in [-0.4, -0.2) is 30.8 Å². The van der Waals surface area contributed by atoms with E-state index < -0.39 is 11.9 Å². The zero-order valence-corrected chi connectivity index (χ0v) is 9.36. The normalized spacial score (nSPS) is 13.9. The lowest BCUT2D eigenvalue weighted by molar-refractivity contribution is 0.0594. The van der Waals surface area contributed by atoms with E-state index in [2.05, 4.69) is 4.74 Å². The second-order valence-corrected chi connectivity index (χ2v) is 3.76. The fourth-order valence-electron chi connectivity index (χ4n) is 1.93. The summed E-state index contributed by atoms with van der Waals surface area (Å²) < 4.78 is 9.92. The van der Waals surface area contributed by atoms with Gasteiger partial charge < -0.3 is 14.6 Å². The van der Waals surface area contributed by atoms with Gasteiger partial charge in [0.2, 0.25) is 0 Å². The highest BCUT2D eigenvalue weighted by Crippen LogP contribution is 2.24. The number of fused-ring (bicyclic) bond motifs is 1.